The summed E-state index contributed by atoms with van der Waals surface area (Å²) in [5, 5.41) is 10.6. The Kier molecular flexibility index (Phi) is 4.74. The van der Waals surface area contributed by atoms with Crippen molar-refractivity contribution in [3.8, 4) is 0 Å². The van der Waals surface area contributed by atoms with Gasteiger partial charge in [0.05, 0.1) is 5.97 Å². The zero-order valence-corrected chi connectivity index (χ0v) is 8.85. The van der Waals surface area contributed by atoms with Gasteiger partial charge in [-0.15, -0.1) is 0 Å². The highest BCUT2D eigenvalue weighted by Crippen LogP contribution is 2.30. The van der Waals surface area contributed by atoms with E-state index < -0.39 is 5.97 Å². The van der Waals surface area contributed by atoms with Crippen molar-refractivity contribution in [2.45, 2.75) is 46.5 Å². The molecule has 0 aliphatic heterocycles. The van der Waals surface area contributed by atoms with E-state index in [1.54, 1.807) is 0 Å². The summed E-state index contributed by atoms with van der Waals surface area (Å²) in [7, 11) is 0. The van der Waals surface area contributed by atoms with Gasteiger partial charge in [0, 0.05) is 0 Å². The molecule has 0 bridgehead atoms. The van der Waals surface area contributed by atoms with Gasteiger partial charge >= 0.3 is 0 Å². The molecule has 0 amide bonds. The van der Waals surface area contributed by atoms with Gasteiger partial charge in [0.1, 0.15) is 0 Å². The zero-order valence-electron chi connectivity index (χ0n) is 8.85. The van der Waals surface area contributed by atoms with Gasteiger partial charge in [-0.1, -0.05) is 46.6 Å². The van der Waals surface area contributed by atoms with Crippen molar-refractivity contribution in [2.24, 2.45) is 5.41 Å². The quantitative estimate of drug-likeness (QED) is 0.466. The second-order valence-electron chi connectivity index (χ2n) is 4.11. The summed E-state index contributed by atoms with van der Waals surface area (Å²) < 4.78 is 0. The van der Waals surface area contributed by atoms with Gasteiger partial charge in [-0.2, -0.15) is 0 Å². The first-order valence-corrected chi connectivity index (χ1v) is 4.82. The molecule has 0 saturated carbocycles. The minimum Gasteiger partial charge on any atom is -0.545 e. The maximum atomic E-state index is 10.6. The van der Waals surface area contributed by atoms with Crippen LogP contribution in [-0.2, 0) is 4.79 Å². The molecule has 0 unspecified atom stereocenters. The Hall–Kier alpha value is -0.790. The molecule has 0 heterocycles. The minimum absolute atomic E-state index is 0.212. The van der Waals surface area contributed by atoms with Crippen LogP contribution in [0.25, 0.3) is 0 Å². The van der Waals surface area contributed by atoms with Crippen LogP contribution >= 0.6 is 0 Å². The van der Waals surface area contributed by atoms with Gasteiger partial charge in [0.25, 0.3) is 0 Å². The fourth-order valence-electron chi connectivity index (χ4n) is 1.24. The van der Waals surface area contributed by atoms with E-state index in [0.717, 1.165) is 25.7 Å². The molecule has 0 aromatic heterocycles. The average molecular weight is 183 g/mol. The molecule has 0 aliphatic carbocycles. The van der Waals surface area contributed by atoms with E-state index >= 15 is 0 Å². The van der Waals surface area contributed by atoms with Crippen molar-refractivity contribution in [1.82, 2.24) is 0 Å². The summed E-state index contributed by atoms with van der Waals surface area (Å²) in [5.41, 5.74) is -0.114. The van der Waals surface area contributed by atoms with E-state index in [0.29, 0.717) is 0 Å². The number of aliphatic carboxylic acids is 1. The number of carbonyl (C=O) groups is 1. The number of carboxylic acid groups (broad SMARTS) is 1. The van der Waals surface area contributed by atoms with Gasteiger partial charge in [-0.25, -0.2) is 0 Å². The van der Waals surface area contributed by atoms with Gasteiger partial charge in [-0.05, 0) is 17.4 Å². The Bertz CT molecular complexity index is 192. The maximum Gasteiger partial charge on any atom is 0.0674 e. The molecule has 0 N–H and O–H groups in total. The molecule has 13 heavy (non-hydrogen) atoms. The van der Waals surface area contributed by atoms with Crippen LogP contribution in [0.1, 0.15) is 46.5 Å². The predicted octanol–water partition coefficient (Wildman–Crippen LogP) is 1.90. The molecule has 0 atom stereocenters. The number of unbranched alkanes of at least 4 members (excludes halogenated alkanes) is 2. The molecular formula is C11H19O2-. The lowest BCUT2D eigenvalue weighted by Crippen LogP contribution is -2.31. The van der Waals surface area contributed by atoms with Gasteiger partial charge in [-0.3, -0.25) is 0 Å². The Morgan fingerprint density at radius 2 is 1.92 bits per heavy atom. The lowest BCUT2D eigenvalue weighted by Gasteiger charge is -2.27. The van der Waals surface area contributed by atoms with Crippen molar-refractivity contribution in [3.05, 3.63) is 12.2 Å². The minimum atomic E-state index is -1.12. The van der Waals surface area contributed by atoms with Crippen molar-refractivity contribution >= 4 is 5.97 Å². The Morgan fingerprint density at radius 3 is 2.31 bits per heavy atom. The van der Waals surface area contributed by atoms with Crippen LogP contribution in [0, 0.1) is 5.41 Å². The van der Waals surface area contributed by atoms with Crippen molar-refractivity contribution in [1.29, 1.82) is 0 Å². The maximum absolute atomic E-state index is 10.6. The fraction of sp³-hybridized carbons (Fsp3) is 0.727. The van der Waals surface area contributed by atoms with Crippen LogP contribution in [0.2, 0.25) is 0 Å². The number of carbonyl (C=O) groups excluding carboxylic acids is 1. The highest BCUT2D eigenvalue weighted by molar-refractivity contribution is 5.85. The molecular weight excluding hydrogens is 164 g/mol. The molecule has 0 radical (unpaired) electrons. The Balaban J connectivity index is 4.06. The second kappa shape index (κ2) is 5.05. The van der Waals surface area contributed by atoms with Gasteiger partial charge in [0.15, 0.2) is 0 Å². The number of carboxylic acids is 1. The molecule has 0 fully saturated rings. The van der Waals surface area contributed by atoms with Crippen molar-refractivity contribution in [2.75, 3.05) is 0 Å². The molecule has 2 nitrogen and oxygen atoms in total. The van der Waals surface area contributed by atoms with Crippen LogP contribution in [0.4, 0.5) is 0 Å². The van der Waals surface area contributed by atoms with E-state index in [2.05, 4.69) is 13.5 Å². The first kappa shape index (κ1) is 12.2. The third-order valence-electron chi connectivity index (χ3n) is 2.47. The third-order valence-corrected chi connectivity index (χ3v) is 2.47. The molecule has 0 aliphatic rings. The molecule has 0 aromatic carbocycles. The number of rotatable bonds is 6. The van der Waals surface area contributed by atoms with Crippen LogP contribution in [0.5, 0.6) is 0 Å². The summed E-state index contributed by atoms with van der Waals surface area (Å²) in [6.45, 7) is 9.48. The molecule has 0 aromatic rings. The Morgan fingerprint density at radius 1 is 1.38 bits per heavy atom. The van der Waals surface area contributed by atoms with Crippen LogP contribution < -0.4 is 5.11 Å². The lowest BCUT2D eigenvalue weighted by atomic mass is 9.80. The first-order chi connectivity index (χ1) is 5.91. The first-order valence-electron chi connectivity index (χ1n) is 4.82. The van der Waals surface area contributed by atoms with Crippen molar-refractivity contribution < 1.29 is 9.90 Å². The van der Waals surface area contributed by atoms with E-state index in [1.165, 1.54) is 0 Å². The van der Waals surface area contributed by atoms with Crippen LogP contribution in [0.15, 0.2) is 12.2 Å². The molecule has 0 saturated heterocycles. The SMILES string of the molecule is C=C(C(=O)[O-])C(C)(C)CCCCC. The number of hydrogen-bond acceptors (Lipinski definition) is 2. The molecule has 2 heteroatoms. The predicted molar refractivity (Wildman–Crippen MR) is 52.1 cm³/mol. The highest BCUT2D eigenvalue weighted by Gasteiger charge is 2.21. The standard InChI is InChI=1S/C11H20O2/c1-5-6-7-8-11(3,4)9(2)10(12)13/h2,5-8H2,1,3-4H3,(H,12,13)/p-1. The summed E-state index contributed by atoms with van der Waals surface area (Å²) in [4.78, 5) is 10.6. The fourth-order valence-corrected chi connectivity index (χ4v) is 1.24. The normalized spacial score (nSPS) is 11.3. The Labute approximate surface area is 80.7 Å². The number of hydrogen-bond donors (Lipinski definition) is 0. The van der Waals surface area contributed by atoms with E-state index in [1.807, 2.05) is 13.8 Å². The molecule has 76 valence electrons. The average Bonchev–Trinajstić information content (AvgIpc) is 2.03. The topological polar surface area (TPSA) is 40.1 Å². The monoisotopic (exact) mass is 183 g/mol. The van der Waals surface area contributed by atoms with Crippen LogP contribution in [-0.4, -0.2) is 5.97 Å². The van der Waals surface area contributed by atoms with E-state index in [9.17, 15) is 9.90 Å². The summed E-state index contributed by atoms with van der Waals surface area (Å²) in [6, 6.07) is 0. The molecule has 0 rings (SSSR count). The summed E-state index contributed by atoms with van der Waals surface area (Å²) in [5.74, 6) is -1.12. The lowest BCUT2D eigenvalue weighted by molar-refractivity contribution is -0.300. The largest absolute Gasteiger partial charge is 0.545 e. The van der Waals surface area contributed by atoms with Gasteiger partial charge < -0.3 is 9.90 Å². The smallest absolute Gasteiger partial charge is 0.0674 e. The third kappa shape index (κ3) is 4.11. The highest BCUT2D eigenvalue weighted by atomic mass is 16.4. The summed E-state index contributed by atoms with van der Waals surface area (Å²) in [6.07, 6.45) is 4.21. The molecule has 0 spiro atoms. The van der Waals surface area contributed by atoms with Gasteiger partial charge in [0.2, 0.25) is 0 Å². The summed E-state index contributed by atoms with van der Waals surface area (Å²) >= 11 is 0. The second-order valence-corrected chi connectivity index (χ2v) is 4.11. The zero-order chi connectivity index (χ0) is 10.5. The van der Waals surface area contributed by atoms with Crippen LogP contribution in [0.3, 0.4) is 0 Å². The van der Waals surface area contributed by atoms with E-state index in [4.69, 9.17) is 0 Å². The van der Waals surface area contributed by atoms with Crippen molar-refractivity contribution in [3.63, 3.8) is 0 Å². The van der Waals surface area contributed by atoms with E-state index in [-0.39, 0.29) is 11.0 Å².